The Morgan fingerprint density at radius 1 is 1.25 bits per heavy atom. The molecule has 1 fully saturated rings. The highest BCUT2D eigenvalue weighted by atomic mass is 16.2. The van der Waals surface area contributed by atoms with Gasteiger partial charge in [0, 0.05) is 12.1 Å². The van der Waals surface area contributed by atoms with E-state index in [1.165, 1.54) is 5.57 Å². The van der Waals surface area contributed by atoms with Crippen LogP contribution in [-0.2, 0) is 4.79 Å². The monoisotopic (exact) mass is 165 g/mol. The van der Waals surface area contributed by atoms with Gasteiger partial charge in [-0.15, -0.1) is 0 Å². The van der Waals surface area contributed by atoms with Crippen molar-refractivity contribution in [1.29, 1.82) is 0 Å². The fourth-order valence-corrected chi connectivity index (χ4v) is 1.40. The van der Waals surface area contributed by atoms with Gasteiger partial charge in [-0.1, -0.05) is 26.0 Å². The fraction of sp³-hybridized carbons (Fsp3) is 0.500. The molecular formula is C10H15NO. The summed E-state index contributed by atoms with van der Waals surface area (Å²) in [5.74, 6) is 0.103. The molecule has 2 heteroatoms. The normalized spacial score (nSPS) is 19.7. The first-order chi connectivity index (χ1) is 5.88. The van der Waals surface area contributed by atoms with Gasteiger partial charge in [0.2, 0.25) is 0 Å². The number of amides is 1. The molecule has 0 radical (unpaired) electrons. The zero-order valence-corrected chi connectivity index (χ0v) is 7.68. The number of hydrogen-bond acceptors (Lipinski definition) is 1. The average molecular weight is 165 g/mol. The van der Waals surface area contributed by atoms with Crippen molar-refractivity contribution in [2.75, 3.05) is 6.54 Å². The van der Waals surface area contributed by atoms with Crippen LogP contribution in [0.1, 0.15) is 26.7 Å². The zero-order chi connectivity index (χ0) is 8.97. The molecule has 1 amide bonds. The first kappa shape index (κ1) is 9.04. The van der Waals surface area contributed by atoms with Crippen LogP contribution < -0.4 is 5.32 Å². The minimum atomic E-state index is 0.103. The fourth-order valence-electron chi connectivity index (χ4n) is 1.40. The van der Waals surface area contributed by atoms with Gasteiger partial charge in [-0.3, -0.25) is 4.79 Å². The molecule has 2 aliphatic rings. The largest absolute Gasteiger partial charge is 0.348 e. The maximum Gasteiger partial charge on any atom is 0.251 e. The maximum atomic E-state index is 11.0. The molecule has 1 aliphatic carbocycles. The maximum absolute atomic E-state index is 11.0. The SMILES string of the molecule is CC.O=C1NCC2=CCCC=C12. The van der Waals surface area contributed by atoms with Gasteiger partial charge in [0.25, 0.3) is 5.91 Å². The topological polar surface area (TPSA) is 29.1 Å². The van der Waals surface area contributed by atoms with Crippen molar-refractivity contribution >= 4 is 5.91 Å². The van der Waals surface area contributed by atoms with Gasteiger partial charge in [-0.25, -0.2) is 0 Å². The second kappa shape index (κ2) is 4.10. The smallest absolute Gasteiger partial charge is 0.251 e. The van der Waals surface area contributed by atoms with Gasteiger partial charge in [-0.2, -0.15) is 0 Å². The van der Waals surface area contributed by atoms with Crippen LogP contribution in [0.5, 0.6) is 0 Å². The summed E-state index contributed by atoms with van der Waals surface area (Å²) in [5.41, 5.74) is 2.10. The number of carbonyl (C=O) groups excluding carboxylic acids is 1. The lowest BCUT2D eigenvalue weighted by Crippen LogP contribution is -2.13. The number of hydrogen-bond donors (Lipinski definition) is 1. The van der Waals surface area contributed by atoms with E-state index in [-0.39, 0.29) is 5.91 Å². The molecule has 66 valence electrons. The van der Waals surface area contributed by atoms with Crippen LogP contribution in [-0.4, -0.2) is 12.5 Å². The molecule has 0 spiro atoms. The van der Waals surface area contributed by atoms with E-state index in [4.69, 9.17) is 0 Å². The third kappa shape index (κ3) is 1.58. The molecular weight excluding hydrogens is 150 g/mol. The zero-order valence-electron chi connectivity index (χ0n) is 7.68. The summed E-state index contributed by atoms with van der Waals surface area (Å²) in [6.45, 7) is 4.74. The third-order valence-electron chi connectivity index (χ3n) is 1.94. The molecule has 0 aromatic rings. The highest BCUT2D eigenvalue weighted by molar-refractivity contribution is 6.01. The summed E-state index contributed by atoms with van der Waals surface area (Å²) < 4.78 is 0. The molecule has 2 rings (SSSR count). The summed E-state index contributed by atoms with van der Waals surface area (Å²) in [4.78, 5) is 11.0. The Bertz CT molecular complexity index is 238. The number of fused-ring (bicyclic) bond motifs is 1. The molecule has 0 unspecified atom stereocenters. The molecule has 0 bridgehead atoms. The Hall–Kier alpha value is -1.05. The minimum absolute atomic E-state index is 0.103. The van der Waals surface area contributed by atoms with Crippen LogP contribution in [0, 0.1) is 0 Å². The first-order valence-electron chi connectivity index (χ1n) is 4.56. The van der Waals surface area contributed by atoms with Gasteiger partial charge in [-0.05, 0) is 18.4 Å². The second-order valence-electron chi connectivity index (χ2n) is 2.61. The Labute approximate surface area is 73.4 Å². The highest BCUT2D eigenvalue weighted by Gasteiger charge is 2.22. The van der Waals surface area contributed by atoms with Gasteiger partial charge in [0.1, 0.15) is 0 Å². The van der Waals surface area contributed by atoms with Crippen molar-refractivity contribution in [1.82, 2.24) is 5.32 Å². The highest BCUT2D eigenvalue weighted by Crippen LogP contribution is 2.21. The summed E-state index contributed by atoms with van der Waals surface area (Å²) in [7, 11) is 0. The molecule has 12 heavy (non-hydrogen) atoms. The van der Waals surface area contributed by atoms with Crippen LogP contribution in [0.4, 0.5) is 0 Å². The molecule has 0 aromatic carbocycles. The lowest BCUT2D eigenvalue weighted by Gasteiger charge is -2.02. The van der Waals surface area contributed by atoms with Gasteiger partial charge >= 0.3 is 0 Å². The van der Waals surface area contributed by atoms with E-state index in [0.717, 1.165) is 25.0 Å². The second-order valence-corrected chi connectivity index (χ2v) is 2.61. The lowest BCUT2D eigenvalue weighted by atomic mass is 10.0. The van der Waals surface area contributed by atoms with Crippen LogP contribution >= 0.6 is 0 Å². The van der Waals surface area contributed by atoms with Gasteiger partial charge < -0.3 is 5.32 Å². The quantitative estimate of drug-likeness (QED) is 0.582. The molecule has 0 aromatic heterocycles. The summed E-state index contributed by atoms with van der Waals surface area (Å²) in [6.07, 6.45) is 6.28. The van der Waals surface area contributed by atoms with Crippen LogP contribution in [0.25, 0.3) is 0 Å². The van der Waals surface area contributed by atoms with Gasteiger partial charge in [0.05, 0.1) is 0 Å². The average Bonchev–Trinajstić information content (AvgIpc) is 2.53. The molecule has 0 atom stereocenters. The summed E-state index contributed by atoms with van der Waals surface area (Å²) in [6, 6.07) is 0. The predicted molar refractivity (Wildman–Crippen MR) is 49.8 cm³/mol. The Morgan fingerprint density at radius 2 is 1.92 bits per heavy atom. The van der Waals surface area contributed by atoms with Crippen molar-refractivity contribution in [2.45, 2.75) is 26.7 Å². The summed E-state index contributed by atoms with van der Waals surface area (Å²) in [5, 5.41) is 2.79. The molecule has 1 N–H and O–H groups in total. The number of allylic oxidation sites excluding steroid dienone is 2. The van der Waals surface area contributed by atoms with E-state index >= 15 is 0 Å². The molecule has 1 saturated heterocycles. The summed E-state index contributed by atoms with van der Waals surface area (Å²) >= 11 is 0. The van der Waals surface area contributed by atoms with Crippen LogP contribution in [0.2, 0.25) is 0 Å². The number of nitrogens with one attached hydrogen (secondary N) is 1. The van der Waals surface area contributed by atoms with Crippen molar-refractivity contribution in [2.24, 2.45) is 0 Å². The molecule has 1 heterocycles. The van der Waals surface area contributed by atoms with E-state index in [1.54, 1.807) is 0 Å². The minimum Gasteiger partial charge on any atom is -0.348 e. The van der Waals surface area contributed by atoms with E-state index in [2.05, 4.69) is 11.4 Å². The predicted octanol–water partition coefficient (Wildman–Crippen LogP) is 1.79. The lowest BCUT2D eigenvalue weighted by molar-refractivity contribution is -0.116. The van der Waals surface area contributed by atoms with Crippen molar-refractivity contribution in [3.05, 3.63) is 23.3 Å². The van der Waals surface area contributed by atoms with E-state index in [0.29, 0.717) is 0 Å². The van der Waals surface area contributed by atoms with Crippen LogP contribution in [0.15, 0.2) is 23.3 Å². The third-order valence-corrected chi connectivity index (χ3v) is 1.94. The van der Waals surface area contributed by atoms with Crippen molar-refractivity contribution in [3.63, 3.8) is 0 Å². The van der Waals surface area contributed by atoms with E-state index in [9.17, 15) is 4.79 Å². The molecule has 2 nitrogen and oxygen atoms in total. The Morgan fingerprint density at radius 3 is 2.58 bits per heavy atom. The number of carbonyl (C=O) groups is 1. The van der Waals surface area contributed by atoms with Crippen molar-refractivity contribution in [3.8, 4) is 0 Å². The standard InChI is InChI=1S/C8H9NO.C2H6/c10-8-7-4-2-1-3-6(7)5-9-8;1-2/h3-4H,1-2,5H2,(H,9,10);1-2H3. The van der Waals surface area contributed by atoms with Gasteiger partial charge in [0.15, 0.2) is 0 Å². The van der Waals surface area contributed by atoms with E-state index < -0.39 is 0 Å². The Balaban J connectivity index is 0.000000336. The molecule has 1 aliphatic heterocycles. The first-order valence-corrected chi connectivity index (χ1v) is 4.56. The molecule has 0 saturated carbocycles. The number of rotatable bonds is 0. The van der Waals surface area contributed by atoms with Crippen LogP contribution in [0.3, 0.4) is 0 Å². The van der Waals surface area contributed by atoms with Crippen molar-refractivity contribution < 1.29 is 4.79 Å². The Kier molecular flexibility index (Phi) is 3.09. The van der Waals surface area contributed by atoms with E-state index in [1.807, 2.05) is 19.9 Å².